The first-order valence-corrected chi connectivity index (χ1v) is 9.06. The number of rotatable bonds is 6. The smallest absolute Gasteiger partial charge is 0.150 e. The molecule has 1 saturated carbocycles. The highest BCUT2D eigenvalue weighted by atomic mass is 16.1. The Labute approximate surface area is 145 Å². The van der Waals surface area contributed by atoms with E-state index in [1.54, 1.807) is 0 Å². The lowest BCUT2D eigenvalue weighted by atomic mass is 9.77. The standard InChI is InChI=1S/C23H26O/c1-2-3-4-18-5-9-20(10-6-18)22-13-15-23(16-14-22)21-11-7-19(17-24)8-12-21/h2,7-8,11-18,20H,1,3-6,9-10H2/t18-,20-. The normalized spacial score (nSPS) is 20.5. The zero-order valence-electron chi connectivity index (χ0n) is 14.3. The average Bonchev–Trinajstić information content (AvgIpc) is 2.67. The largest absolute Gasteiger partial charge is 0.298 e. The Morgan fingerprint density at radius 2 is 1.46 bits per heavy atom. The van der Waals surface area contributed by atoms with E-state index < -0.39 is 0 Å². The highest BCUT2D eigenvalue weighted by Gasteiger charge is 2.21. The molecular formula is C23H26O. The van der Waals surface area contributed by atoms with Gasteiger partial charge in [0.1, 0.15) is 6.29 Å². The SMILES string of the molecule is C=CCC[C@H]1CC[C@H](c2ccc(-c3ccc(C=O)cc3)cc2)CC1. The molecule has 2 aromatic carbocycles. The van der Waals surface area contributed by atoms with Gasteiger partial charge in [0.05, 0.1) is 0 Å². The quantitative estimate of drug-likeness (QED) is 0.444. The van der Waals surface area contributed by atoms with Gasteiger partial charge in [-0.1, -0.05) is 54.6 Å². The summed E-state index contributed by atoms with van der Waals surface area (Å²) in [5.74, 6) is 1.62. The fraction of sp³-hybridized carbons (Fsp3) is 0.348. The molecule has 0 atom stereocenters. The average molecular weight is 318 g/mol. The van der Waals surface area contributed by atoms with Crippen LogP contribution in [-0.2, 0) is 0 Å². The number of aldehydes is 1. The van der Waals surface area contributed by atoms with Gasteiger partial charge in [-0.15, -0.1) is 6.58 Å². The number of carbonyl (C=O) groups excluding carboxylic acids is 1. The second kappa shape index (κ2) is 8.10. The zero-order valence-corrected chi connectivity index (χ0v) is 14.3. The van der Waals surface area contributed by atoms with Crippen molar-refractivity contribution >= 4 is 6.29 Å². The molecule has 2 aromatic rings. The van der Waals surface area contributed by atoms with Crippen LogP contribution in [0.1, 0.15) is 60.4 Å². The molecule has 0 aromatic heterocycles. The molecule has 0 saturated heterocycles. The Morgan fingerprint density at radius 1 is 0.875 bits per heavy atom. The summed E-state index contributed by atoms with van der Waals surface area (Å²) in [7, 11) is 0. The van der Waals surface area contributed by atoms with Crippen molar-refractivity contribution in [3.63, 3.8) is 0 Å². The lowest BCUT2D eigenvalue weighted by Gasteiger charge is -2.28. The van der Waals surface area contributed by atoms with Gasteiger partial charge in [-0.3, -0.25) is 4.79 Å². The molecule has 1 nitrogen and oxygen atoms in total. The molecule has 0 unspecified atom stereocenters. The Bertz CT molecular complexity index is 658. The molecule has 0 N–H and O–H groups in total. The lowest BCUT2D eigenvalue weighted by Crippen LogP contribution is -2.13. The van der Waals surface area contributed by atoms with Gasteiger partial charge in [0, 0.05) is 5.56 Å². The van der Waals surface area contributed by atoms with Crippen molar-refractivity contribution in [1.82, 2.24) is 0 Å². The predicted molar refractivity (Wildman–Crippen MR) is 101 cm³/mol. The van der Waals surface area contributed by atoms with Crippen LogP contribution in [0.15, 0.2) is 61.2 Å². The third-order valence-electron chi connectivity index (χ3n) is 5.39. The molecule has 0 bridgehead atoms. The van der Waals surface area contributed by atoms with E-state index in [0.29, 0.717) is 0 Å². The fourth-order valence-electron chi connectivity index (χ4n) is 3.84. The molecular weight excluding hydrogens is 292 g/mol. The lowest BCUT2D eigenvalue weighted by molar-refractivity contribution is 0.112. The molecule has 0 radical (unpaired) electrons. The van der Waals surface area contributed by atoms with Gasteiger partial charge >= 0.3 is 0 Å². The Kier molecular flexibility index (Phi) is 5.63. The third kappa shape index (κ3) is 4.03. The van der Waals surface area contributed by atoms with E-state index in [1.165, 1.54) is 48.8 Å². The summed E-state index contributed by atoms with van der Waals surface area (Å²) < 4.78 is 0. The number of carbonyl (C=O) groups is 1. The van der Waals surface area contributed by atoms with Crippen molar-refractivity contribution in [2.75, 3.05) is 0 Å². The van der Waals surface area contributed by atoms with Gasteiger partial charge < -0.3 is 0 Å². The molecule has 1 aliphatic rings. The molecule has 1 heteroatoms. The minimum absolute atomic E-state index is 0.719. The molecule has 0 amide bonds. The maximum Gasteiger partial charge on any atom is 0.150 e. The minimum atomic E-state index is 0.719. The van der Waals surface area contributed by atoms with Crippen molar-refractivity contribution in [3.05, 3.63) is 72.3 Å². The summed E-state index contributed by atoms with van der Waals surface area (Å²) in [6.07, 6.45) is 10.7. The Hall–Kier alpha value is -2.15. The van der Waals surface area contributed by atoms with Crippen LogP contribution in [0, 0.1) is 5.92 Å². The fourth-order valence-corrected chi connectivity index (χ4v) is 3.84. The van der Waals surface area contributed by atoms with Crippen molar-refractivity contribution in [1.29, 1.82) is 0 Å². The maximum atomic E-state index is 10.8. The maximum absolute atomic E-state index is 10.8. The molecule has 0 heterocycles. The summed E-state index contributed by atoms with van der Waals surface area (Å²) in [6, 6.07) is 16.8. The van der Waals surface area contributed by atoms with E-state index in [1.807, 2.05) is 30.3 Å². The number of allylic oxidation sites excluding steroid dienone is 1. The highest BCUT2D eigenvalue weighted by molar-refractivity contribution is 5.76. The van der Waals surface area contributed by atoms with Crippen LogP contribution < -0.4 is 0 Å². The van der Waals surface area contributed by atoms with Gasteiger partial charge in [0.15, 0.2) is 0 Å². The Balaban J connectivity index is 1.62. The van der Waals surface area contributed by atoms with Gasteiger partial charge in [-0.2, -0.15) is 0 Å². The van der Waals surface area contributed by atoms with Crippen LogP contribution in [0.3, 0.4) is 0 Å². The molecule has 24 heavy (non-hydrogen) atoms. The van der Waals surface area contributed by atoms with E-state index in [0.717, 1.165) is 30.1 Å². The highest BCUT2D eigenvalue weighted by Crippen LogP contribution is 2.38. The van der Waals surface area contributed by atoms with Gasteiger partial charge in [-0.25, -0.2) is 0 Å². The van der Waals surface area contributed by atoms with Gasteiger partial charge in [0.25, 0.3) is 0 Å². The van der Waals surface area contributed by atoms with E-state index in [2.05, 4.69) is 30.8 Å². The van der Waals surface area contributed by atoms with Crippen molar-refractivity contribution in [2.45, 2.75) is 44.4 Å². The predicted octanol–water partition coefficient (Wildman–Crippen LogP) is 6.41. The summed E-state index contributed by atoms with van der Waals surface area (Å²) in [6.45, 7) is 3.83. The van der Waals surface area contributed by atoms with Gasteiger partial charge in [-0.05, 0) is 67.1 Å². The first-order valence-electron chi connectivity index (χ1n) is 9.06. The van der Waals surface area contributed by atoms with Gasteiger partial charge in [0.2, 0.25) is 0 Å². The van der Waals surface area contributed by atoms with Crippen LogP contribution in [-0.4, -0.2) is 6.29 Å². The van der Waals surface area contributed by atoms with Crippen molar-refractivity contribution in [3.8, 4) is 11.1 Å². The summed E-state index contributed by atoms with van der Waals surface area (Å²) >= 11 is 0. The van der Waals surface area contributed by atoms with Crippen LogP contribution in [0.4, 0.5) is 0 Å². The van der Waals surface area contributed by atoms with Crippen LogP contribution >= 0.6 is 0 Å². The first-order chi connectivity index (χ1) is 11.8. The number of benzene rings is 2. The summed E-state index contributed by atoms with van der Waals surface area (Å²) in [4.78, 5) is 10.8. The first kappa shape index (κ1) is 16.7. The molecule has 0 aliphatic heterocycles. The van der Waals surface area contributed by atoms with Crippen LogP contribution in [0.2, 0.25) is 0 Å². The third-order valence-corrected chi connectivity index (χ3v) is 5.39. The monoisotopic (exact) mass is 318 g/mol. The Morgan fingerprint density at radius 3 is 2.00 bits per heavy atom. The van der Waals surface area contributed by atoms with Crippen LogP contribution in [0.25, 0.3) is 11.1 Å². The summed E-state index contributed by atoms with van der Waals surface area (Å²) in [5, 5.41) is 0. The van der Waals surface area contributed by atoms with E-state index in [-0.39, 0.29) is 0 Å². The molecule has 0 spiro atoms. The molecule has 124 valence electrons. The molecule has 1 fully saturated rings. The second-order valence-corrected chi connectivity index (χ2v) is 6.95. The summed E-state index contributed by atoms with van der Waals surface area (Å²) in [5.41, 5.74) is 4.59. The number of hydrogen-bond donors (Lipinski definition) is 0. The molecule has 3 rings (SSSR count). The van der Waals surface area contributed by atoms with E-state index >= 15 is 0 Å². The topological polar surface area (TPSA) is 17.1 Å². The minimum Gasteiger partial charge on any atom is -0.298 e. The zero-order chi connectivity index (χ0) is 16.8. The number of hydrogen-bond acceptors (Lipinski definition) is 1. The van der Waals surface area contributed by atoms with E-state index in [4.69, 9.17) is 0 Å². The van der Waals surface area contributed by atoms with Crippen molar-refractivity contribution in [2.24, 2.45) is 5.92 Å². The molecule has 1 aliphatic carbocycles. The van der Waals surface area contributed by atoms with Crippen molar-refractivity contribution < 1.29 is 4.79 Å². The van der Waals surface area contributed by atoms with Crippen LogP contribution in [0.5, 0.6) is 0 Å². The van der Waals surface area contributed by atoms with E-state index in [9.17, 15) is 4.79 Å². The second-order valence-electron chi connectivity index (χ2n) is 6.95.